The SMILES string of the molecule is C=C(O)Nc1ncc(-c2cc(C3CC3)c(O)cc2O)n1-c1ccc2c(ccn2C)c1. The fraction of sp³-hybridized carbons (Fsp3) is 0.174. The molecule has 0 saturated heterocycles. The minimum Gasteiger partial charge on any atom is -0.508 e. The zero-order valence-electron chi connectivity index (χ0n) is 16.5. The van der Waals surface area contributed by atoms with E-state index in [1.807, 2.05) is 52.7 Å². The molecule has 7 nitrogen and oxygen atoms in total. The summed E-state index contributed by atoms with van der Waals surface area (Å²) in [5.74, 6) is 0.526. The molecular weight excluding hydrogens is 380 g/mol. The van der Waals surface area contributed by atoms with E-state index in [2.05, 4.69) is 16.9 Å². The zero-order chi connectivity index (χ0) is 21.0. The summed E-state index contributed by atoms with van der Waals surface area (Å²) >= 11 is 0. The number of aliphatic hydroxyl groups is 1. The number of rotatable bonds is 5. The van der Waals surface area contributed by atoms with Gasteiger partial charge in [-0.1, -0.05) is 0 Å². The Hall–Kier alpha value is -3.87. The highest BCUT2D eigenvalue weighted by Gasteiger charge is 2.28. The standard InChI is InChI=1S/C23H22N4O3/c1-13(28)25-23-24-12-20(18-10-17(14-3-4-14)21(29)11-22(18)30)27(23)16-5-6-19-15(9-16)7-8-26(19)2/h5-12,14,28-30H,1,3-4H2,2H3,(H,24,25). The second-order valence-electron chi connectivity index (χ2n) is 7.75. The molecule has 0 unspecified atom stereocenters. The van der Waals surface area contributed by atoms with E-state index >= 15 is 0 Å². The molecule has 1 aliphatic carbocycles. The number of benzene rings is 2. The molecule has 2 aromatic carbocycles. The maximum absolute atomic E-state index is 10.6. The Morgan fingerprint density at radius 3 is 2.67 bits per heavy atom. The molecule has 0 amide bonds. The van der Waals surface area contributed by atoms with Gasteiger partial charge < -0.3 is 19.9 Å². The van der Waals surface area contributed by atoms with Crippen LogP contribution in [0.25, 0.3) is 27.8 Å². The Kier molecular flexibility index (Phi) is 3.99. The van der Waals surface area contributed by atoms with Gasteiger partial charge >= 0.3 is 0 Å². The maximum atomic E-state index is 10.6. The third kappa shape index (κ3) is 2.95. The number of phenolic OH excluding ortho intramolecular Hbond substituents is 2. The molecule has 0 spiro atoms. The van der Waals surface area contributed by atoms with Gasteiger partial charge in [0.25, 0.3) is 0 Å². The van der Waals surface area contributed by atoms with E-state index < -0.39 is 0 Å². The molecule has 5 rings (SSSR count). The Morgan fingerprint density at radius 1 is 1.13 bits per heavy atom. The van der Waals surface area contributed by atoms with Gasteiger partial charge in [0.1, 0.15) is 11.5 Å². The lowest BCUT2D eigenvalue weighted by Gasteiger charge is -2.15. The molecular formula is C23H22N4O3. The summed E-state index contributed by atoms with van der Waals surface area (Å²) in [6.45, 7) is 3.50. The van der Waals surface area contributed by atoms with Crippen molar-refractivity contribution in [2.75, 3.05) is 5.32 Å². The molecule has 0 aliphatic heterocycles. The number of fused-ring (bicyclic) bond motifs is 1. The number of aromatic hydroxyl groups is 2. The van der Waals surface area contributed by atoms with Crippen molar-refractivity contribution in [2.45, 2.75) is 18.8 Å². The highest BCUT2D eigenvalue weighted by atomic mass is 16.3. The highest BCUT2D eigenvalue weighted by molar-refractivity contribution is 5.83. The molecule has 4 N–H and O–H groups in total. The lowest BCUT2D eigenvalue weighted by Crippen LogP contribution is -2.06. The Labute approximate surface area is 173 Å². The van der Waals surface area contributed by atoms with Crippen molar-refractivity contribution < 1.29 is 15.3 Å². The molecule has 2 aromatic heterocycles. The van der Waals surface area contributed by atoms with Crippen LogP contribution in [-0.2, 0) is 7.05 Å². The second-order valence-corrected chi connectivity index (χ2v) is 7.75. The number of nitrogens with zero attached hydrogens (tertiary/aromatic N) is 3. The van der Waals surface area contributed by atoms with Gasteiger partial charge in [-0.15, -0.1) is 0 Å². The average Bonchev–Trinajstić information content (AvgIpc) is 3.36. The largest absolute Gasteiger partial charge is 0.508 e. The van der Waals surface area contributed by atoms with Crippen LogP contribution < -0.4 is 5.32 Å². The zero-order valence-corrected chi connectivity index (χ0v) is 16.5. The molecule has 7 heteroatoms. The number of anilines is 1. The first kappa shape index (κ1) is 18.2. The van der Waals surface area contributed by atoms with Crippen LogP contribution in [0, 0.1) is 0 Å². The van der Waals surface area contributed by atoms with Crippen molar-refractivity contribution in [2.24, 2.45) is 7.05 Å². The van der Waals surface area contributed by atoms with E-state index in [4.69, 9.17) is 0 Å². The van der Waals surface area contributed by atoms with Crippen molar-refractivity contribution in [3.63, 3.8) is 0 Å². The van der Waals surface area contributed by atoms with Gasteiger partial charge in [-0.25, -0.2) is 4.98 Å². The number of aromatic nitrogens is 3. The Bertz CT molecular complexity index is 1300. The summed E-state index contributed by atoms with van der Waals surface area (Å²) < 4.78 is 3.85. The minimum atomic E-state index is -0.234. The minimum absolute atomic E-state index is 0.0341. The first-order chi connectivity index (χ1) is 14.4. The number of aliphatic hydroxyl groups excluding tert-OH is 1. The topological polar surface area (TPSA) is 95.5 Å². The fourth-order valence-corrected chi connectivity index (χ4v) is 3.95. The van der Waals surface area contributed by atoms with Crippen LogP contribution in [0.3, 0.4) is 0 Å². The number of hydrogen-bond donors (Lipinski definition) is 4. The average molecular weight is 402 g/mol. The monoisotopic (exact) mass is 402 g/mol. The van der Waals surface area contributed by atoms with E-state index in [1.54, 1.807) is 6.20 Å². The lowest BCUT2D eigenvalue weighted by molar-refractivity contribution is 0.421. The molecule has 152 valence electrons. The summed E-state index contributed by atoms with van der Waals surface area (Å²) in [6, 6.07) is 11.2. The van der Waals surface area contributed by atoms with Gasteiger partial charge in [0, 0.05) is 41.5 Å². The molecule has 0 atom stereocenters. The number of hydrogen-bond acceptors (Lipinski definition) is 5. The van der Waals surface area contributed by atoms with Gasteiger partial charge in [0.05, 0.1) is 11.9 Å². The predicted molar refractivity (Wildman–Crippen MR) is 116 cm³/mol. The maximum Gasteiger partial charge on any atom is 0.214 e. The Balaban J connectivity index is 1.72. The van der Waals surface area contributed by atoms with Gasteiger partial charge in [-0.3, -0.25) is 9.88 Å². The summed E-state index contributed by atoms with van der Waals surface area (Å²) in [5.41, 5.74) is 3.92. The van der Waals surface area contributed by atoms with Crippen molar-refractivity contribution in [3.05, 3.63) is 66.8 Å². The van der Waals surface area contributed by atoms with Gasteiger partial charge in [0.2, 0.25) is 5.95 Å². The molecule has 0 radical (unpaired) electrons. The number of imidazole rings is 1. The third-order valence-electron chi connectivity index (χ3n) is 5.58. The van der Waals surface area contributed by atoms with Gasteiger partial charge in [-0.2, -0.15) is 0 Å². The third-order valence-corrected chi connectivity index (χ3v) is 5.58. The van der Waals surface area contributed by atoms with Crippen LogP contribution in [0.4, 0.5) is 5.95 Å². The van der Waals surface area contributed by atoms with Gasteiger partial charge in [0.15, 0.2) is 5.88 Å². The van der Waals surface area contributed by atoms with E-state index in [-0.39, 0.29) is 17.4 Å². The van der Waals surface area contributed by atoms with Crippen LogP contribution in [0.5, 0.6) is 11.5 Å². The predicted octanol–water partition coefficient (Wildman–Crippen LogP) is 4.76. The van der Waals surface area contributed by atoms with E-state index in [9.17, 15) is 15.3 Å². The smallest absolute Gasteiger partial charge is 0.214 e. The van der Waals surface area contributed by atoms with Crippen molar-refractivity contribution in [1.29, 1.82) is 0 Å². The first-order valence-electron chi connectivity index (χ1n) is 9.76. The summed E-state index contributed by atoms with van der Waals surface area (Å²) in [4.78, 5) is 4.40. The Morgan fingerprint density at radius 2 is 1.93 bits per heavy atom. The fourth-order valence-electron chi connectivity index (χ4n) is 3.95. The summed E-state index contributed by atoms with van der Waals surface area (Å²) in [5, 5.41) is 34.4. The molecule has 0 bridgehead atoms. The first-order valence-corrected chi connectivity index (χ1v) is 9.76. The lowest BCUT2D eigenvalue weighted by atomic mass is 10.0. The number of nitrogens with one attached hydrogen (secondary N) is 1. The second kappa shape index (κ2) is 6.59. The molecule has 1 fully saturated rings. The molecule has 2 heterocycles. The van der Waals surface area contributed by atoms with Crippen molar-refractivity contribution >= 4 is 16.9 Å². The summed E-state index contributed by atoms with van der Waals surface area (Å²) in [7, 11) is 1.99. The molecule has 4 aromatic rings. The number of phenols is 2. The quantitative estimate of drug-likeness (QED) is 0.361. The molecule has 30 heavy (non-hydrogen) atoms. The van der Waals surface area contributed by atoms with E-state index in [0.717, 1.165) is 35.0 Å². The highest BCUT2D eigenvalue weighted by Crippen LogP contribution is 2.47. The molecule has 1 saturated carbocycles. The van der Waals surface area contributed by atoms with E-state index in [1.165, 1.54) is 6.07 Å². The molecule has 1 aliphatic rings. The van der Waals surface area contributed by atoms with Gasteiger partial charge in [-0.05, 0) is 61.2 Å². The van der Waals surface area contributed by atoms with Crippen LogP contribution >= 0.6 is 0 Å². The van der Waals surface area contributed by atoms with Crippen molar-refractivity contribution in [1.82, 2.24) is 14.1 Å². The number of aryl methyl sites for hydroxylation is 1. The van der Waals surface area contributed by atoms with Crippen LogP contribution in [0.15, 0.2) is 61.3 Å². The van der Waals surface area contributed by atoms with Crippen LogP contribution in [0.1, 0.15) is 24.3 Å². The summed E-state index contributed by atoms with van der Waals surface area (Å²) in [6.07, 6.45) is 5.67. The van der Waals surface area contributed by atoms with E-state index in [0.29, 0.717) is 23.1 Å². The van der Waals surface area contributed by atoms with Crippen molar-refractivity contribution in [3.8, 4) is 28.4 Å². The normalized spacial score (nSPS) is 13.6. The van der Waals surface area contributed by atoms with Crippen LogP contribution in [-0.4, -0.2) is 29.4 Å². The van der Waals surface area contributed by atoms with Crippen LogP contribution in [0.2, 0.25) is 0 Å².